The largest absolute Gasteiger partial charge is 0.384 e. The Balaban J connectivity index is 2.50. The van der Waals surface area contributed by atoms with E-state index >= 15 is 0 Å². The summed E-state index contributed by atoms with van der Waals surface area (Å²) >= 11 is 0. The van der Waals surface area contributed by atoms with Gasteiger partial charge < -0.3 is 20.7 Å². The second-order valence-corrected chi connectivity index (χ2v) is 5.30. The van der Waals surface area contributed by atoms with Crippen LogP contribution < -0.4 is 16.0 Å². The van der Waals surface area contributed by atoms with E-state index in [0.717, 1.165) is 17.8 Å². The Bertz CT molecular complexity index is 437. The Morgan fingerprint density at radius 3 is 2.76 bits per heavy atom. The molecule has 0 aliphatic carbocycles. The van der Waals surface area contributed by atoms with Crippen molar-refractivity contribution < 1.29 is 9.53 Å². The van der Waals surface area contributed by atoms with E-state index in [-0.39, 0.29) is 12.1 Å². The van der Waals surface area contributed by atoms with Crippen molar-refractivity contribution in [2.24, 2.45) is 5.92 Å². The molecule has 21 heavy (non-hydrogen) atoms. The molecule has 0 aliphatic heterocycles. The van der Waals surface area contributed by atoms with Crippen LogP contribution in [0.2, 0.25) is 0 Å². The van der Waals surface area contributed by atoms with E-state index in [1.807, 2.05) is 25.1 Å². The van der Waals surface area contributed by atoms with Crippen molar-refractivity contribution in [3.63, 3.8) is 0 Å². The molecule has 3 N–H and O–H groups in total. The van der Waals surface area contributed by atoms with Gasteiger partial charge in [0.05, 0.1) is 6.61 Å². The third-order valence-corrected chi connectivity index (χ3v) is 3.22. The lowest BCUT2D eigenvalue weighted by molar-refractivity contribution is 0.159. The maximum Gasteiger partial charge on any atom is 0.319 e. The molecular formula is C16H27N3O2. The van der Waals surface area contributed by atoms with E-state index in [1.54, 1.807) is 7.11 Å². The lowest BCUT2D eigenvalue weighted by Crippen LogP contribution is -2.33. The SMILES string of the molecule is CCNC(C)c1cccc(NC(=O)NCC(C)COC)c1. The fraction of sp³-hybridized carbons (Fsp3) is 0.562. The number of hydrogen-bond donors (Lipinski definition) is 3. The monoisotopic (exact) mass is 293 g/mol. The maximum atomic E-state index is 11.8. The third-order valence-electron chi connectivity index (χ3n) is 3.22. The van der Waals surface area contributed by atoms with Crippen LogP contribution in [0.1, 0.15) is 32.4 Å². The van der Waals surface area contributed by atoms with Crippen LogP contribution in [0.15, 0.2) is 24.3 Å². The van der Waals surface area contributed by atoms with Gasteiger partial charge in [-0.05, 0) is 37.1 Å². The van der Waals surface area contributed by atoms with Gasteiger partial charge in [0.15, 0.2) is 0 Å². The van der Waals surface area contributed by atoms with E-state index in [1.165, 1.54) is 0 Å². The number of nitrogens with one attached hydrogen (secondary N) is 3. The summed E-state index contributed by atoms with van der Waals surface area (Å²) in [7, 11) is 1.66. The normalized spacial score (nSPS) is 13.5. The van der Waals surface area contributed by atoms with Crippen LogP contribution in [0.5, 0.6) is 0 Å². The minimum atomic E-state index is -0.189. The molecule has 2 unspecified atom stereocenters. The number of urea groups is 1. The van der Waals surface area contributed by atoms with Gasteiger partial charge in [-0.1, -0.05) is 26.0 Å². The van der Waals surface area contributed by atoms with Gasteiger partial charge >= 0.3 is 6.03 Å². The van der Waals surface area contributed by atoms with Crippen LogP contribution in [-0.2, 0) is 4.74 Å². The number of benzene rings is 1. The van der Waals surface area contributed by atoms with Crippen LogP contribution in [0.4, 0.5) is 10.5 Å². The van der Waals surface area contributed by atoms with Gasteiger partial charge in [0.25, 0.3) is 0 Å². The molecule has 118 valence electrons. The van der Waals surface area contributed by atoms with Gasteiger partial charge in [-0.25, -0.2) is 4.79 Å². The number of anilines is 1. The minimum Gasteiger partial charge on any atom is -0.384 e. The highest BCUT2D eigenvalue weighted by Crippen LogP contribution is 2.17. The summed E-state index contributed by atoms with van der Waals surface area (Å²) in [5.74, 6) is 0.292. The van der Waals surface area contributed by atoms with Gasteiger partial charge in [0.2, 0.25) is 0 Å². The van der Waals surface area contributed by atoms with E-state index in [9.17, 15) is 4.79 Å². The second kappa shape index (κ2) is 9.37. The molecule has 0 radical (unpaired) electrons. The fourth-order valence-corrected chi connectivity index (χ4v) is 2.10. The number of rotatable bonds is 8. The lowest BCUT2D eigenvalue weighted by atomic mass is 10.1. The van der Waals surface area contributed by atoms with Gasteiger partial charge in [-0.15, -0.1) is 0 Å². The Morgan fingerprint density at radius 1 is 1.33 bits per heavy atom. The maximum absolute atomic E-state index is 11.8. The van der Waals surface area contributed by atoms with E-state index < -0.39 is 0 Å². The first-order valence-electron chi connectivity index (χ1n) is 7.44. The molecule has 1 aromatic carbocycles. The zero-order valence-electron chi connectivity index (χ0n) is 13.4. The summed E-state index contributed by atoms with van der Waals surface area (Å²) in [6, 6.07) is 7.96. The number of methoxy groups -OCH3 is 1. The van der Waals surface area contributed by atoms with Crippen molar-refractivity contribution in [1.82, 2.24) is 10.6 Å². The molecule has 0 saturated carbocycles. The molecule has 0 spiro atoms. The van der Waals surface area contributed by atoms with Crippen molar-refractivity contribution in [1.29, 1.82) is 0 Å². The van der Waals surface area contributed by atoms with Crippen LogP contribution >= 0.6 is 0 Å². The zero-order valence-corrected chi connectivity index (χ0v) is 13.4. The first-order chi connectivity index (χ1) is 10.1. The summed E-state index contributed by atoms with van der Waals surface area (Å²) in [5, 5.41) is 9.06. The summed E-state index contributed by atoms with van der Waals surface area (Å²) in [6.45, 7) is 8.35. The molecule has 1 aromatic rings. The van der Waals surface area contributed by atoms with E-state index in [2.05, 4.69) is 35.9 Å². The minimum absolute atomic E-state index is 0.189. The highest BCUT2D eigenvalue weighted by atomic mass is 16.5. The molecule has 1 rings (SSSR count). The van der Waals surface area contributed by atoms with Crippen LogP contribution in [0.25, 0.3) is 0 Å². The number of carbonyl (C=O) groups excluding carboxylic acids is 1. The van der Waals surface area contributed by atoms with Crippen molar-refractivity contribution in [3.8, 4) is 0 Å². The second-order valence-electron chi connectivity index (χ2n) is 5.30. The lowest BCUT2D eigenvalue weighted by Gasteiger charge is -2.15. The Hall–Kier alpha value is -1.59. The van der Waals surface area contributed by atoms with Crippen LogP contribution in [0.3, 0.4) is 0 Å². The molecule has 2 atom stereocenters. The quantitative estimate of drug-likeness (QED) is 0.690. The molecule has 0 aliphatic rings. The summed E-state index contributed by atoms with van der Waals surface area (Å²) < 4.78 is 5.04. The molecule has 0 bridgehead atoms. The third kappa shape index (κ3) is 6.60. The zero-order chi connectivity index (χ0) is 15.7. The van der Waals surface area contributed by atoms with Crippen molar-refractivity contribution in [2.75, 3.05) is 32.1 Å². The van der Waals surface area contributed by atoms with E-state index in [4.69, 9.17) is 4.74 Å². The molecule has 0 fully saturated rings. The Morgan fingerprint density at radius 2 is 2.10 bits per heavy atom. The first-order valence-corrected chi connectivity index (χ1v) is 7.44. The summed E-state index contributed by atoms with van der Waals surface area (Å²) in [6.07, 6.45) is 0. The molecule has 2 amide bonds. The first kappa shape index (κ1) is 17.5. The molecule has 0 heterocycles. The standard InChI is InChI=1S/C16H27N3O2/c1-5-17-13(3)14-7-6-8-15(9-14)19-16(20)18-10-12(2)11-21-4/h6-9,12-13,17H,5,10-11H2,1-4H3,(H2,18,19,20). The van der Waals surface area contributed by atoms with Gasteiger partial charge in [0.1, 0.15) is 0 Å². The average molecular weight is 293 g/mol. The van der Waals surface area contributed by atoms with Crippen LogP contribution in [-0.4, -0.2) is 32.8 Å². The predicted octanol–water partition coefficient (Wildman–Crippen LogP) is 2.76. The Labute approximate surface area is 127 Å². The summed E-state index contributed by atoms with van der Waals surface area (Å²) in [4.78, 5) is 11.8. The van der Waals surface area contributed by atoms with Gasteiger partial charge in [0, 0.05) is 25.4 Å². The fourth-order valence-electron chi connectivity index (χ4n) is 2.10. The molecule has 5 heteroatoms. The molecule has 0 aromatic heterocycles. The smallest absolute Gasteiger partial charge is 0.319 e. The van der Waals surface area contributed by atoms with Crippen LogP contribution in [0, 0.1) is 5.92 Å². The average Bonchev–Trinajstić information content (AvgIpc) is 2.46. The summed E-state index contributed by atoms with van der Waals surface area (Å²) in [5.41, 5.74) is 1.96. The van der Waals surface area contributed by atoms with Crippen molar-refractivity contribution in [2.45, 2.75) is 26.8 Å². The number of amides is 2. The number of carbonyl (C=O) groups is 1. The van der Waals surface area contributed by atoms with E-state index in [0.29, 0.717) is 19.1 Å². The molecule has 5 nitrogen and oxygen atoms in total. The number of hydrogen-bond acceptors (Lipinski definition) is 3. The van der Waals surface area contributed by atoms with Gasteiger partial charge in [-0.3, -0.25) is 0 Å². The Kier molecular flexibility index (Phi) is 7.79. The predicted molar refractivity (Wildman–Crippen MR) is 86.6 cm³/mol. The topological polar surface area (TPSA) is 62.4 Å². The highest BCUT2D eigenvalue weighted by Gasteiger charge is 2.07. The van der Waals surface area contributed by atoms with Crippen molar-refractivity contribution in [3.05, 3.63) is 29.8 Å². The highest BCUT2D eigenvalue weighted by molar-refractivity contribution is 5.89. The molecular weight excluding hydrogens is 266 g/mol. The van der Waals surface area contributed by atoms with Gasteiger partial charge in [-0.2, -0.15) is 0 Å². The number of ether oxygens (including phenoxy) is 1. The molecule has 0 saturated heterocycles. The van der Waals surface area contributed by atoms with Crippen molar-refractivity contribution >= 4 is 11.7 Å².